The molecular weight excluding hydrogens is 232 g/mol. The maximum absolute atomic E-state index is 8.88. The summed E-state index contributed by atoms with van der Waals surface area (Å²) < 4.78 is 1.88. The Balaban J connectivity index is 2.24. The molecule has 4 heteroatoms. The second kappa shape index (κ2) is 4.63. The number of hydrogen-bond acceptors (Lipinski definition) is 3. The predicted octanol–water partition coefficient (Wildman–Crippen LogP) is 2.77. The highest BCUT2D eigenvalue weighted by Gasteiger charge is 2.16. The first-order valence-corrected chi connectivity index (χ1v) is 6.57. The van der Waals surface area contributed by atoms with Gasteiger partial charge >= 0.3 is 0 Å². The SMILES string of the molecule is CC(C)(C)c1ccc(-n2cc(CCO)cn2)s1. The van der Waals surface area contributed by atoms with Crippen molar-refractivity contribution in [3.05, 3.63) is 35.0 Å². The second-order valence-corrected chi connectivity index (χ2v) is 6.22. The monoisotopic (exact) mass is 250 g/mol. The van der Waals surface area contributed by atoms with E-state index in [4.69, 9.17) is 5.11 Å². The highest BCUT2D eigenvalue weighted by molar-refractivity contribution is 7.14. The maximum Gasteiger partial charge on any atom is 0.117 e. The summed E-state index contributed by atoms with van der Waals surface area (Å²) in [5.41, 5.74) is 1.25. The number of aliphatic hydroxyl groups is 1. The summed E-state index contributed by atoms with van der Waals surface area (Å²) in [6, 6.07) is 4.26. The zero-order chi connectivity index (χ0) is 12.5. The van der Waals surface area contributed by atoms with Crippen LogP contribution in [0.3, 0.4) is 0 Å². The van der Waals surface area contributed by atoms with Crippen molar-refractivity contribution in [1.29, 1.82) is 0 Å². The lowest BCUT2D eigenvalue weighted by molar-refractivity contribution is 0.299. The van der Waals surface area contributed by atoms with Gasteiger partial charge in [-0.25, -0.2) is 4.68 Å². The van der Waals surface area contributed by atoms with Gasteiger partial charge in [0.05, 0.1) is 6.20 Å². The van der Waals surface area contributed by atoms with Crippen molar-refractivity contribution in [3.8, 4) is 5.00 Å². The van der Waals surface area contributed by atoms with Crippen molar-refractivity contribution in [2.45, 2.75) is 32.6 Å². The molecule has 0 bridgehead atoms. The van der Waals surface area contributed by atoms with Crippen molar-refractivity contribution in [2.24, 2.45) is 0 Å². The van der Waals surface area contributed by atoms with E-state index in [0.29, 0.717) is 6.42 Å². The number of rotatable bonds is 3. The van der Waals surface area contributed by atoms with E-state index in [1.165, 1.54) is 4.88 Å². The Kier molecular flexibility index (Phi) is 3.35. The number of nitrogens with zero attached hydrogens (tertiary/aromatic N) is 2. The first kappa shape index (κ1) is 12.3. The Hall–Kier alpha value is -1.13. The predicted molar refractivity (Wildman–Crippen MR) is 70.9 cm³/mol. The molecule has 92 valence electrons. The van der Waals surface area contributed by atoms with Crippen molar-refractivity contribution in [3.63, 3.8) is 0 Å². The molecule has 0 spiro atoms. The third-order valence-corrected chi connectivity index (χ3v) is 4.09. The number of thiophene rings is 1. The van der Waals surface area contributed by atoms with Gasteiger partial charge in [0.1, 0.15) is 5.00 Å². The first-order valence-electron chi connectivity index (χ1n) is 5.76. The molecule has 0 unspecified atom stereocenters. The van der Waals surface area contributed by atoms with Crippen molar-refractivity contribution in [2.75, 3.05) is 6.61 Å². The van der Waals surface area contributed by atoms with Crippen LogP contribution in [0.4, 0.5) is 0 Å². The molecular formula is C13H18N2OS. The molecule has 2 heterocycles. The third kappa shape index (κ3) is 2.76. The number of aromatic nitrogens is 2. The molecule has 0 aliphatic carbocycles. The van der Waals surface area contributed by atoms with Crippen LogP contribution in [0.5, 0.6) is 0 Å². The molecule has 0 saturated heterocycles. The minimum Gasteiger partial charge on any atom is -0.396 e. The van der Waals surface area contributed by atoms with E-state index < -0.39 is 0 Å². The fourth-order valence-electron chi connectivity index (χ4n) is 1.59. The first-order chi connectivity index (χ1) is 8.00. The van der Waals surface area contributed by atoms with Crippen LogP contribution in [-0.4, -0.2) is 21.5 Å². The summed E-state index contributed by atoms with van der Waals surface area (Å²) in [6.45, 7) is 6.80. The Morgan fingerprint density at radius 3 is 2.71 bits per heavy atom. The fourth-order valence-corrected chi connectivity index (χ4v) is 2.59. The smallest absolute Gasteiger partial charge is 0.117 e. The lowest BCUT2D eigenvalue weighted by atomic mass is 9.95. The van der Waals surface area contributed by atoms with Crippen molar-refractivity contribution in [1.82, 2.24) is 9.78 Å². The lowest BCUT2D eigenvalue weighted by Gasteiger charge is -2.15. The summed E-state index contributed by atoms with van der Waals surface area (Å²) >= 11 is 1.76. The molecule has 0 saturated carbocycles. The summed E-state index contributed by atoms with van der Waals surface area (Å²) in [5.74, 6) is 0. The number of hydrogen-bond donors (Lipinski definition) is 1. The molecule has 0 radical (unpaired) electrons. The molecule has 2 aromatic rings. The van der Waals surface area contributed by atoms with Crippen LogP contribution in [-0.2, 0) is 11.8 Å². The van der Waals surface area contributed by atoms with Crippen LogP contribution in [0, 0.1) is 0 Å². The Morgan fingerprint density at radius 2 is 2.12 bits per heavy atom. The molecule has 0 aromatic carbocycles. The molecule has 0 amide bonds. The number of aliphatic hydroxyl groups excluding tert-OH is 1. The highest BCUT2D eigenvalue weighted by atomic mass is 32.1. The zero-order valence-corrected chi connectivity index (χ0v) is 11.3. The van der Waals surface area contributed by atoms with Gasteiger partial charge in [-0.2, -0.15) is 5.10 Å². The van der Waals surface area contributed by atoms with Gasteiger partial charge < -0.3 is 5.11 Å². The Bertz CT molecular complexity index is 493. The molecule has 2 aromatic heterocycles. The van der Waals surface area contributed by atoms with E-state index in [0.717, 1.165) is 10.6 Å². The fraction of sp³-hybridized carbons (Fsp3) is 0.462. The summed E-state index contributed by atoms with van der Waals surface area (Å²) in [5, 5.41) is 14.3. The molecule has 0 atom stereocenters. The van der Waals surface area contributed by atoms with E-state index in [1.54, 1.807) is 11.3 Å². The molecule has 3 nitrogen and oxygen atoms in total. The minimum absolute atomic E-state index is 0.170. The van der Waals surface area contributed by atoms with Crippen LogP contribution in [0.25, 0.3) is 5.00 Å². The van der Waals surface area contributed by atoms with Crippen LogP contribution in [0.1, 0.15) is 31.2 Å². The molecule has 0 fully saturated rings. The van der Waals surface area contributed by atoms with Gasteiger partial charge in [-0.3, -0.25) is 0 Å². The molecule has 0 aliphatic heterocycles. The highest BCUT2D eigenvalue weighted by Crippen LogP contribution is 2.31. The van der Waals surface area contributed by atoms with Gasteiger partial charge in [-0.1, -0.05) is 20.8 Å². The standard InChI is InChI=1S/C13H18N2OS/c1-13(2,3)11-4-5-12(17-11)15-9-10(6-7-16)8-14-15/h4-5,8-9,16H,6-7H2,1-3H3. The molecule has 17 heavy (non-hydrogen) atoms. The lowest BCUT2D eigenvalue weighted by Crippen LogP contribution is -2.07. The van der Waals surface area contributed by atoms with Crippen molar-refractivity contribution >= 4 is 11.3 Å². The summed E-state index contributed by atoms with van der Waals surface area (Å²) in [6.07, 6.45) is 4.46. The van der Waals surface area contributed by atoms with Crippen LogP contribution in [0.15, 0.2) is 24.5 Å². The average molecular weight is 250 g/mol. The molecule has 1 N–H and O–H groups in total. The third-order valence-electron chi connectivity index (χ3n) is 2.59. The van der Waals surface area contributed by atoms with Crippen LogP contribution in [0.2, 0.25) is 0 Å². The normalized spacial score (nSPS) is 12.0. The Labute approximate surface area is 106 Å². The van der Waals surface area contributed by atoms with Gasteiger partial charge in [-0.15, -0.1) is 11.3 Å². The van der Waals surface area contributed by atoms with E-state index in [1.807, 2.05) is 17.1 Å². The maximum atomic E-state index is 8.88. The molecule has 2 rings (SSSR count). The Morgan fingerprint density at radius 1 is 1.35 bits per heavy atom. The topological polar surface area (TPSA) is 38.0 Å². The van der Waals surface area contributed by atoms with Gasteiger partial charge in [0, 0.05) is 17.7 Å². The van der Waals surface area contributed by atoms with Gasteiger partial charge in [0.15, 0.2) is 0 Å². The summed E-state index contributed by atoms with van der Waals surface area (Å²) in [4.78, 5) is 1.35. The largest absolute Gasteiger partial charge is 0.396 e. The van der Waals surface area contributed by atoms with Gasteiger partial charge in [0.2, 0.25) is 0 Å². The average Bonchev–Trinajstić information content (AvgIpc) is 2.82. The van der Waals surface area contributed by atoms with Crippen LogP contribution >= 0.6 is 11.3 Å². The van der Waals surface area contributed by atoms with E-state index in [9.17, 15) is 0 Å². The van der Waals surface area contributed by atoms with Gasteiger partial charge in [0.25, 0.3) is 0 Å². The van der Waals surface area contributed by atoms with Gasteiger partial charge in [-0.05, 0) is 29.5 Å². The van der Waals surface area contributed by atoms with Crippen LogP contribution < -0.4 is 0 Å². The van der Waals surface area contributed by atoms with E-state index >= 15 is 0 Å². The minimum atomic E-state index is 0.170. The second-order valence-electron chi connectivity index (χ2n) is 5.15. The zero-order valence-electron chi connectivity index (χ0n) is 10.5. The summed E-state index contributed by atoms with van der Waals surface area (Å²) in [7, 11) is 0. The van der Waals surface area contributed by atoms with E-state index in [-0.39, 0.29) is 12.0 Å². The quantitative estimate of drug-likeness (QED) is 0.909. The van der Waals surface area contributed by atoms with Crippen molar-refractivity contribution < 1.29 is 5.11 Å². The molecule has 0 aliphatic rings. The van der Waals surface area contributed by atoms with E-state index in [2.05, 4.69) is 38.0 Å².